The molecule has 2 aromatic carbocycles. The number of carbonyl (C=O) groups is 1. The van der Waals surface area contributed by atoms with Crippen molar-refractivity contribution in [1.82, 2.24) is 0 Å². The highest BCUT2D eigenvalue weighted by Gasteiger charge is 2.47. The summed E-state index contributed by atoms with van der Waals surface area (Å²) >= 11 is 0. The Balaban J connectivity index is 1.99. The highest BCUT2D eigenvalue weighted by atomic mass is 16.7. The number of aliphatic carboxylic acids is 1. The van der Waals surface area contributed by atoms with Crippen LogP contribution in [-0.2, 0) is 4.79 Å². The minimum Gasteiger partial charge on any atom is -0.493 e. The van der Waals surface area contributed by atoms with E-state index in [2.05, 4.69) is 0 Å². The van der Waals surface area contributed by atoms with Crippen molar-refractivity contribution in [3.63, 3.8) is 0 Å². The number of carboxylic acids is 1. The lowest BCUT2D eigenvalue weighted by molar-refractivity contribution is -0.148. The number of hydrogen-bond acceptors (Lipinski definition) is 8. The molecule has 1 heterocycles. The van der Waals surface area contributed by atoms with E-state index >= 15 is 0 Å². The van der Waals surface area contributed by atoms with Gasteiger partial charge in [0.25, 0.3) is 0 Å². The molecule has 31 heavy (non-hydrogen) atoms. The van der Waals surface area contributed by atoms with Gasteiger partial charge in [-0.05, 0) is 41.0 Å². The summed E-state index contributed by atoms with van der Waals surface area (Å²) in [5.74, 6) is -1.87. The average Bonchev–Trinajstić information content (AvgIpc) is 3.24. The minimum absolute atomic E-state index is 0.0367. The fraction of sp³-hybridized carbons (Fsp3) is 0.409. The number of aliphatic hydroxyl groups is 2. The normalized spacial score (nSPS) is 23.8. The summed E-state index contributed by atoms with van der Waals surface area (Å²) in [6, 6.07) is 6.71. The number of rotatable bonds is 6. The Bertz CT molecular complexity index is 978. The Hall–Kier alpha value is -3.17. The second-order valence-corrected chi connectivity index (χ2v) is 7.43. The van der Waals surface area contributed by atoms with Crippen LogP contribution in [-0.4, -0.2) is 56.0 Å². The van der Waals surface area contributed by atoms with Crippen molar-refractivity contribution in [3.8, 4) is 28.7 Å². The van der Waals surface area contributed by atoms with Gasteiger partial charge in [-0.1, -0.05) is 0 Å². The molecule has 0 radical (unpaired) electrons. The Kier molecular flexibility index (Phi) is 5.55. The van der Waals surface area contributed by atoms with E-state index in [-0.39, 0.29) is 6.79 Å². The number of ether oxygens (including phenoxy) is 5. The molecule has 0 unspecified atom stereocenters. The Morgan fingerprint density at radius 1 is 1.00 bits per heavy atom. The van der Waals surface area contributed by atoms with Crippen LogP contribution in [0.25, 0.3) is 0 Å². The number of aliphatic hydroxyl groups excluding tert-OH is 2. The molecule has 0 aromatic heterocycles. The van der Waals surface area contributed by atoms with Crippen LogP contribution in [0.1, 0.15) is 28.7 Å². The molecular formula is C22H24O9. The molecule has 0 bridgehead atoms. The summed E-state index contributed by atoms with van der Waals surface area (Å²) in [5, 5.41) is 31.0. The zero-order valence-corrected chi connectivity index (χ0v) is 17.3. The van der Waals surface area contributed by atoms with Crippen LogP contribution in [0.3, 0.4) is 0 Å². The van der Waals surface area contributed by atoms with Crippen LogP contribution in [0, 0.1) is 11.8 Å². The maximum Gasteiger partial charge on any atom is 0.307 e. The number of benzene rings is 2. The van der Waals surface area contributed by atoms with Gasteiger partial charge in [-0.25, -0.2) is 0 Å². The lowest BCUT2D eigenvalue weighted by Crippen LogP contribution is -2.40. The summed E-state index contributed by atoms with van der Waals surface area (Å²) in [5.41, 5.74) is 1.63. The molecule has 2 aliphatic rings. The van der Waals surface area contributed by atoms with Crippen LogP contribution in [0.15, 0.2) is 24.3 Å². The molecule has 9 nitrogen and oxygen atoms in total. The van der Waals surface area contributed by atoms with Gasteiger partial charge in [0.1, 0.15) is 0 Å². The van der Waals surface area contributed by atoms with Crippen LogP contribution in [0.2, 0.25) is 0 Å². The smallest absolute Gasteiger partial charge is 0.307 e. The van der Waals surface area contributed by atoms with Gasteiger partial charge in [0.05, 0.1) is 33.4 Å². The quantitative estimate of drug-likeness (QED) is 0.628. The van der Waals surface area contributed by atoms with E-state index in [1.54, 1.807) is 24.3 Å². The Morgan fingerprint density at radius 2 is 1.58 bits per heavy atom. The molecule has 2 aromatic rings. The predicted octanol–water partition coefficient (Wildman–Crippen LogP) is 1.93. The lowest BCUT2D eigenvalue weighted by atomic mass is 9.65. The van der Waals surface area contributed by atoms with Gasteiger partial charge < -0.3 is 39.0 Å². The molecular weight excluding hydrogens is 408 g/mol. The standard InChI is InChI=1S/C22H24O9/c1-27-16-4-10(5-17(28-2)21(16)29-3)18-11-6-14-15(31-9-30-14)7-12(11)20(24)13(8-23)19(18)22(25)26/h4-7,13,18-20,23-24H,8-9H2,1-3H3,(H,25,26)/t13-,18+,19+,20+/m1/s1. The minimum atomic E-state index is -1.19. The molecule has 1 aliphatic heterocycles. The average molecular weight is 432 g/mol. The van der Waals surface area contributed by atoms with E-state index in [0.29, 0.717) is 45.4 Å². The number of carboxylic acid groups (broad SMARTS) is 1. The largest absolute Gasteiger partial charge is 0.493 e. The highest BCUT2D eigenvalue weighted by Crippen LogP contribution is 2.53. The SMILES string of the molecule is COc1cc([C@H]2c3cc4c(cc3[C@H](O)[C@H](CO)[C@@H]2C(=O)O)OCO4)cc(OC)c1OC. The molecule has 9 heteroatoms. The molecule has 0 saturated heterocycles. The van der Waals surface area contributed by atoms with Crippen LogP contribution >= 0.6 is 0 Å². The first-order chi connectivity index (χ1) is 14.9. The summed E-state index contributed by atoms with van der Waals surface area (Å²) in [6.45, 7) is -0.470. The second-order valence-electron chi connectivity index (χ2n) is 7.43. The third-order valence-electron chi connectivity index (χ3n) is 6.00. The zero-order valence-electron chi connectivity index (χ0n) is 17.3. The van der Waals surface area contributed by atoms with E-state index in [1.807, 2.05) is 0 Å². The van der Waals surface area contributed by atoms with E-state index in [4.69, 9.17) is 23.7 Å². The van der Waals surface area contributed by atoms with Gasteiger partial charge in [0.2, 0.25) is 12.5 Å². The van der Waals surface area contributed by atoms with Gasteiger partial charge in [-0.3, -0.25) is 4.79 Å². The van der Waals surface area contributed by atoms with Crippen LogP contribution in [0.5, 0.6) is 28.7 Å². The predicted molar refractivity (Wildman–Crippen MR) is 107 cm³/mol. The second kappa shape index (κ2) is 8.16. The van der Waals surface area contributed by atoms with E-state index in [0.717, 1.165) is 0 Å². The Morgan fingerprint density at radius 3 is 2.06 bits per heavy atom. The van der Waals surface area contributed by atoms with Crippen molar-refractivity contribution in [2.24, 2.45) is 11.8 Å². The van der Waals surface area contributed by atoms with Crippen molar-refractivity contribution in [1.29, 1.82) is 0 Å². The summed E-state index contributed by atoms with van der Waals surface area (Å²) < 4.78 is 27.2. The number of methoxy groups -OCH3 is 3. The summed E-state index contributed by atoms with van der Waals surface area (Å²) in [6.07, 6.45) is -1.19. The van der Waals surface area contributed by atoms with Crippen molar-refractivity contribution in [3.05, 3.63) is 41.0 Å². The maximum absolute atomic E-state index is 12.4. The monoisotopic (exact) mass is 432 g/mol. The van der Waals surface area contributed by atoms with Crippen molar-refractivity contribution in [2.75, 3.05) is 34.7 Å². The molecule has 4 rings (SSSR count). The molecule has 0 amide bonds. The fourth-order valence-corrected chi connectivity index (χ4v) is 4.57. The van der Waals surface area contributed by atoms with Gasteiger partial charge in [-0.15, -0.1) is 0 Å². The third kappa shape index (κ3) is 3.30. The van der Waals surface area contributed by atoms with Gasteiger partial charge in [0, 0.05) is 18.4 Å². The first-order valence-corrected chi connectivity index (χ1v) is 9.70. The number of fused-ring (bicyclic) bond motifs is 2. The van der Waals surface area contributed by atoms with E-state index in [1.165, 1.54) is 21.3 Å². The first kappa shape index (κ1) is 21.1. The van der Waals surface area contributed by atoms with Crippen molar-refractivity contribution in [2.45, 2.75) is 12.0 Å². The molecule has 1 aliphatic carbocycles. The van der Waals surface area contributed by atoms with Gasteiger partial charge >= 0.3 is 5.97 Å². The molecule has 3 N–H and O–H groups in total. The molecule has 4 atom stereocenters. The summed E-state index contributed by atoms with van der Waals surface area (Å²) in [7, 11) is 4.43. The lowest BCUT2D eigenvalue weighted by Gasteiger charge is -2.40. The van der Waals surface area contributed by atoms with Crippen molar-refractivity contribution < 1.29 is 43.8 Å². The molecule has 166 valence electrons. The topological polar surface area (TPSA) is 124 Å². The zero-order chi connectivity index (χ0) is 22.3. The Labute approximate surface area is 178 Å². The van der Waals surface area contributed by atoms with Crippen LogP contribution < -0.4 is 23.7 Å². The number of hydrogen-bond donors (Lipinski definition) is 3. The maximum atomic E-state index is 12.4. The summed E-state index contributed by atoms with van der Waals surface area (Å²) in [4.78, 5) is 12.4. The van der Waals surface area contributed by atoms with E-state index in [9.17, 15) is 20.1 Å². The van der Waals surface area contributed by atoms with Gasteiger partial charge in [-0.2, -0.15) is 0 Å². The van der Waals surface area contributed by atoms with E-state index < -0.39 is 36.4 Å². The first-order valence-electron chi connectivity index (χ1n) is 9.70. The molecule has 0 spiro atoms. The van der Waals surface area contributed by atoms with Crippen molar-refractivity contribution >= 4 is 5.97 Å². The fourth-order valence-electron chi connectivity index (χ4n) is 4.57. The third-order valence-corrected chi connectivity index (χ3v) is 6.00. The molecule has 0 saturated carbocycles. The highest BCUT2D eigenvalue weighted by molar-refractivity contribution is 5.75. The van der Waals surface area contributed by atoms with Crippen LogP contribution in [0.4, 0.5) is 0 Å². The molecule has 0 fully saturated rings. The van der Waals surface area contributed by atoms with Gasteiger partial charge in [0.15, 0.2) is 23.0 Å².